The standard InChI is InChI=1S/C44H50BF2N6O8/c1-25(2)23-33(48-43(54)39-35(27-15-19-31(46)20-16-27)41(52(56)57)37(50-39)29-11-7-5-8-12-29)60-45-61-34(24-26(3)4)49-44(55)40-36(28-17-21-32(47)22-18-28)42(53(58)59)38(51-40)30-13-9-6-10-14-30/h5-22,25-26,33-42,50-51H,23-24H2,1-4H3,(H,48,54)(H,49,55). The van der Waals surface area contributed by atoms with E-state index in [-0.39, 0.29) is 11.8 Å². The van der Waals surface area contributed by atoms with E-state index in [1.807, 2.05) is 27.7 Å². The van der Waals surface area contributed by atoms with Gasteiger partial charge >= 0.3 is 7.69 Å². The summed E-state index contributed by atoms with van der Waals surface area (Å²) in [4.78, 5) is 52.9. The minimum Gasteiger partial charge on any atom is -0.393 e. The molecule has 10 atom stereocenters. The monoisotopic (exact) mass is 839 g/mol. The van der Waals surface area contributed by atoms with Gasteiger partial charge in [0.2, 0.25) is 23.9 Å². The molecule has 2 aliphatic rings. The summed E-state index contributed by atoms with van der Waals surface area (Å²) in [6.45, 7) is 7.67. The highest BCUT2D eigenvalue weighted by molar-refractivity contribution is 6.18. The van der Waals surface area contributed by atoms with Gasteiger partial charge in [-0.05, 0) is 71.2 Å². The molecule has 61 heavy (non-hydrogen) atoms. The number of hydrogen-bond acceptors (Lipinski definition) is 10. The molecule has 4 aromatic carbocycles. The Morgan fingerprint density at radius 1 is 0.607 bits per heavy atom. The number of carbonyl (C=O) groups is 2. The second-order valence-electron chi connectivity index (χ2n) is 16.4. The highest BCUT2D eigenvalue weighted by atomic mass is 19.1. The normalized spacial score (nSPS) is 24.6. The average Bonchev–Trinajstić information content (AvgIpc) is 3.83. The minimum atomic E-state index is -1.27. The van der Waals surface area contributed by atoms with Crippen LogP contribution in [-0.2, 0) is 18.9 Å². The molecule has 2 aliphatic heterocycles. The minimum absolute atomic E-state index is 0.00169. The van der Waals surface area contributed by atoms with Crippen LogP contribution in [0.1, 0.15) is 86.7 Å². The third kappa shape index (κ3) is 11.0. The Morgan fingerprint density at radius 3 is 1.26 bits per heavy atom. The van der Waals surface area contributed by atoms with Gasteiger partial charge in [0.15, 0.2) is 0 Å². The Morgan fingerprint density at radius 2 is 0.951 bits per heavy atom. The van der Waals surface area contributed by atoms with Crippen LogP contribution in [-0.4, -0.2) is 66.0 Å². The molecule has 17 heteroatoms. The van der Waals surface area contributed by atoms with E-state index in [1.54, 1.807) is 60.7 Å². The smallest absolute Gasteiger partial charge is 0.393 e. The molecule has 2 amide bonds. The summed E-state index contributed by atoms with van der Waals surface area (Å²) in [5.41, 5.74) is 2.05. The largest absolute Gasteiger partial charge is 0.491 e. The molecule has 14 nitrogen and oxygen atoms in total. The van der Waals surface area contributed by atoms with Crippen molar-refractivity contribution in [2.24, 2.45) is 11.8 Å². The van der Waals surface area contributed by atoms with Crippen LogP contribution in [0.2, 0.25) is 0 Å². The van der Waals surface area contributed by atoms with Gasteiger partial charge in [0, 0.05) is 9.85 Å². The van der Waals surface area contributed by atoms with E-state index in [0.717, 1.165) is 7.69 Å². The maximum atomic E-state index is 14.2. The molecule has 0 spiro atoms. The predicted molar refractivity (Wildman–Crippen MR) is 223 cm³/mol. The van der Waals surface area contributed by atoms with Crippen molar-refractivity contribution < 1.29 is 37.5 Å². The van der Waals surface area contributed by atoms with Gasteiger partial charge in [0.05, 0.1) is 11.8 Å². The lowest BCUT2D eigenvalue weighted by molar-refractivity contribution is -0.527. The molecule has 0 aliphatic carbocycles. The highest BCUT2D eigenvalue weighted by Gasteiger charge is 2.56. The van der Waals surface area contributed by atoms with E-state index >= 15 is 0 Å². The zero-order valence-corrected chi connectivity index (χ0v) is 34.2. The highest BCUT2D eigenvalue weighted by Crippen LogP contribution is 2.42. The summed E-state index contributed by atoms with van der Waals surface area (Å²) in [6, 6.07) is 21.7. The van der Waals surface area contributed by atoms with E-state index in [1.165, 1.54) is 48.5 Å². The molecule has 10 unspecified atom stereocenters. The second-order valence-corrected chi connectivity index (χ2v) is 16.4. The van der Waals surface area contributed by atoms with Crippen molar-refractivity contribution in [3.05, 3.63) is 163 Å². The molecule has 4 N–H and O–H groups in total. The molecule has 1 radical (unpaired) electrons. The zero-order valence-electron chi connectivity index (χ0n) is 34.2. The Balaban J connectivity index is 1.19. The molecular weight excluding hydrogens is 789 g/mol. The van der Waals surface area contributed by atoms with Crippen molar-refractivity contribution in [1.29, 1.82) is 0 Å². The van der Waals surface area contributed by atoms with Crippen molar-refractivity contribution in [1.82, 2.24) is 21.3 Å². The average molecular weight is 840 g/mol. The third-order valence-electron chi connectivity index (χ3n) is 11.2. The number of amides is 2. The van der Waals surface area contributed by atoms with Gasteiger partial charge in [-0.3, -0.25) is 40.5 Å². The number of halogens is 2. The maximum Gasteiger partial charge on any atom is 0.491 e. The van der Waals surface area contributed by atoms with E-state index in [2.05, 4.69) is 21.3 Å². The van der Waals surface area contributed by atoms with E-state index in [0.29, 0.717) is 35.1 Å². The van der Waals surface area contributed by atoms with Gasteiger partial charge in [-0.15, -0.1) is 0 Å². The van der Waals surface area contributed by atoms with Crippen LogP contribution in [0.15, 0.2) is 109 Å². The van der Waals surface area contributed by atoms with Crippen LogP contribution in [0.25, 0.3) is 0 Å². The van der Waals surface area contributed by atoms with E-state index < -0.39 is 93.8 Å². The van der Waals surface area contributed by atoms with Crippen LogP contribution in [0.3, 0.4) is 0 Å². The Kier molecular flexibility index (Phi) is 14.9. The fourth-order valence-electron chi connectivity index (χ4n) is 8.46. The first-order valence-electron chi connectivity index (χ1n) is 20.3. The molecule has 321 valence electrons. The molecule has 2 heterocycles. The lowest BCUT2D eigenvalue weighted by atomic mass is 9.85. The molecule has 0 bridgehead atoms. The number of hydrogen-bond donors (Lipinski definition) is 4. The zero-order chi connectivity index (χ0) is 43.8. The first-order chi connectivity index (χ1) is 29.2. The second kappa shape index (κ2) is 20.3. The summed E-state index contributed by atoms with van der Waals surface area (Å²) >= 11 is 0. The first kappa shape index (κ1) is 44.9. The number of carbonyl (C=O) groups excluding carboxylic acids is 2. The van der Waals surface area contributed by atoms with Gasteiger partial charge in [0.25, 0.3) is 0 Å². The van der Waals surface area contributed by atoms with Crippen LogP contribution >= 0.6 is 0 Å². The number of nitro groups is 2. The van der Waals surface area contributed by atoms with E-state index in [4.69, 9.17) is 9.31 Å². The van der Waals surface area contributed by atoms with Crippen molar-refractivity contribution in [3.8, 4) is 0 Å². The lowest BCUT2D eigenvalue weighted by Crippen LogP contribution is -2.51. The van der Waals surface area contributed by atoms with Crippen LogP contribution in [0, 0.1) is 43.7 Å². The molecule has 0 aromatic heterocycles. The summed E-state index contributed by atoms with van der Waals surface area (Å²) in [7, 11) is 1.03. The Bertz CT molecular complexity index is 1960. The number of rotatable bonds is 18. The topological polar surface area (TPSA) is 187 Å². The lowest BCUT2D eigenvalue weighted by Gasteiger charge is -2.27. The van der Waals surface area contributed by atoms with Crippen LogP contribution < -0.4 is 21.3 Å². The van der Waals surface area contributed by atoms with Crippen molar-refractivity contribution in [2.75, 3.05) is 0 Å². The summed E-state index contributed by atoms with van der Waals surface area (Å²) < 4.78 is 40.0. The van der Waals surface area contributed by atoms with Crippen molar-refractivity contribution >= 4 is 19.5 Å². The Hall–Kier alpha value is -5.62. The van der Waals surface area contributed by atoms with Crippen LogP contribution in [0.4, 0.5) is 8.78 Å². The summed E-state index contributed by atoms with van der Waals surface area (Å²) in [5.74, 6) is -4.17. The van der Waals surface area contributed by atoms with Gasteiger partial charge in [0.1, 0.15) is 48.3 Å². The quantitative estimate of drug-likeness (QED) is 0.0395. The molecular formula is C44H50BF2N6O8. The molecule has 0 saturated carbocycles. The summed E-state index contributed by atoms with van der Waals surface area (Å²) in [6.07, 6.45) is -1.35. The van der Waals surface area contributed by atoms with E-state index in [9.17, 15) is 38.6 Å². The van der Waals surface area contributed by atoms with Crippen molar-refractivity contribution in [3.63, 3.8) is 0 Å². The maximum absolute atomic E-state index is 14.2. The predicted octanol–water partition coefficient (Wildman–Crippen LogP) is 6.09. The fraction of sp³-hybridized carbons (Fsp3) is 0.409. The van der Waals surface area contributed by atoms with Crippen molar-refractivity contribution in [2.45, 2.75) is 101 Å². The summed E-state index contributed by atoms with van der Waals surface area (Å²) in [5, 5.41) is 37.5. The number of benzene rings is 4. The fourth-order valence-corrected chi connectivity index (χ4v) is 8.46. The molecule has 2 fully saturated rings. The number of nitrogens with one attached hydrogen (secondary N) is 4. The van der Waals surface area contributed by atoms with Gasteiger partial charge in [-0.2, -0.15) is 0 Å². The SMILES string of the molecule is CC(C)CC(NC(=O)C1NC(c2ccccc2)C([N+](=O)[O-])C1c1ccc(F)cc1)O[B]OC(CC(C)C)NC(=O)C1NC(c2ccccc2)C([N+](=O)[O-])C1c1ccc(F)cc1. The first-order valence-corrected chi connectivity index (χ1v) is 20.3. The Labute approximate surface area is 353 Å². The van der Waals surface area contributed by atoms with Gasteiger partial charge < -0.3 is 19.9 Å². The third-order valence-corrected chi connectivity index (χ3v) is 11.2. The molecule has 2 saturated heterocycles. The number of nitrogens with zero attached hydrogens (tertiary/aromatic N) is 2. The van der Waals surface area contributed by atoms with Gasteiger partial charge in [-0.1, -0.05) is 113 Å². The van der Waals surface area contributed by atoms with Gasteiger partial charge in [-0.25, -0.2) is 8.78 Å². The molecule has 6 rings (SSSR count). The van der Waals surface area contributed by atoms with Crippen LogP contribution in [0.5, 0.6) is 0 Å². The molecule has 4 aromatic rings.